The van der Waals surface area contributed by atoms with Crippen LogP contribution in [0.1, 0.15) is 32.1 Å². The summed E-state index contributed by atoms with van der Waals surface area (Å²) in [4.78, 5) is 13.9. The molecule has 0 atom stereocenters. The Kier molecular flexibility index (Phi) is 5.32. The molecule has 0 saturated carbocycles. The van der Waals surface area contributed by atoms with Crippen LogP contribution in [0.3, 0.4) is 0 Å². The second-order valence-electron chi connectivity index (χ2n) is 5.10. The summed E-state index contributed by atoms with van der Waals surface area (Å²) in [5.74, 6) is -1.91. The minimum atomic E-state index is -0.937. The fourth-order valence-electron chi connectivity index (χ4n) is 2.42. The highest BCUT2D eigenvalue weighted by atomic mass is 19.2. The van der Waals surface area contributed by atoms with Crippen LogP contribution in [-0.2, 0) is 4.79 Å². The number of likely N-dealkylation sites (tertiary alicyclic amines) is 1. The summed E-state index contributed by atoms with van der Waals surface area (Å²) in [6.07, 6.45) is 5.56. The van der Waals surface area contributed by atoms with E-state index in [0.717, 1.165) is 44.8 Å². The first-order valence-electron chi connectivity index (χ1n) is 7.14. The van der Waals surface area contributed by atoms with Crippen molar-refractivity contribution < 1.29 is 13.6 Å². The van der Waals surface area contributed by atoms with Crippen molar-refractivity contribution in [1.82, 2.24) is 4.90 Å². The van der Waals surface area contributed by atoms with E-state index in [0.29, 0.717) is 0 Å². The van der Waals surface area contributed by atoms with E-state index in [2.05, 4.69) is 5.32 Å². The molecule has 0 bridgehead atoms. The van der Waals surface area contributed by atoms with Crippen molar-refractivity contribution in [2.75, 3.05) is 25.0 Å². The minimum absolute atomic E-state index is 0.000370. The van der Waals surface area contributed by atoms with E-state index < -0.39 is 11.6 Å². The average molecular weight is 282 g/mol. The topological polar surface area (TPSA) is 32.3 Å². The summed E-state index contributed by atoms with van der Waals surface area (Å²) >= 11 is 0. The normalized spacial score (nSPS) is 16.4. The Hall–Kier alpha value is -1.65. The lowest BCUT2D eigenvalue weighted by molar-refractivity contribution is -0.129. The lowest BCUT2D eigenvalue weighted by Gasteiger charge is -2.25. The molecule has 110 valence electrons. The highest BCUT2D eigenvalue weighted by molar-refractivity contribution is 5.80. The van der Waals surface area contributed by atoms with E-state index in [1.807, 2.05) is 4.90 Å². The zero-order valence-corrected chi connectivity index (χ0v) is 11.5. The van der Waals surface area contributed by atoms with Crippen LogP contribution in [0, 0.1) is 11.6 Å². The third kappa shape index (κ3) is 3.92. The highest BCUT2D eigenvalue weighted by Gasteiger charge is 2.15. The molecule has 0 radical (unpaired) electrons. The van der Waals surface area contributed by atoms with E-state index in [1.54, 1.807) is 0 Å². The molecular weight excluding hydrogens is 262 g/mol. The van der Waals surface area contributed by atoms with Gasteiger partial charge in [-0.05, 0) is 25.0 Å². The fraction of sp³-hybridized carbons (Fsp3) is 0.533. The first kappa shape index (κ1) is 14.8. The maximum Gasteiger partial charge on any atom is 0.241 e. The lowest BCUT2D eigenvalue weighted by atomic mass is 10.1. The summed E-state index contributed by atoms with van der Waals surface area (Å²) in [5, 5.41) is 2.68. The van der Waals surface area contributed by atoms with Gasteiger partial charge in [0.15, 0.2) is 11.6 Å². The van der Waals surface area contributed by atoms with E-state index in [9.17, 15) is 13.6 Å². The zero-order chi connectivity index (χ0) is 14.4. The standard InChI is InChI=1S/C15H20F2N2O/c16-12-7-6-8-13(15(12)17)18-11-14(20)19-9-4-2-1-3-5-10-19/h6-8,18H,1-5,9-11H2. The zero-order valence-electron chi connectivity index (χ0n) is 11.5. The summed E-state index contributed by atoms with van der Waals surface area (Å²) in [6.45, 7) is 1.51. The number of halogens is 2. The van der Waals surface area contributed by atoms with Gasteiger partial charge in [-0.2, -0.15) is 0 Å². The molecule has 1 aliphatic rings. The summed E-state index contributed by atoms with van der Waals surface area (Å²) in [6, 6.07) is 3.90. The first-order valence-corrected chi connectivity index (χ1v) is 7.14. The first-order chi connectivity index (χ1) is 9.68. The van der Waals surface area contributed by atoms with Gasteiger partial charge < -0.3 is 10.2 Å². The van der Waals surface area contributed by atoms with Gasteiger partial charge in [0.05, 0.1) is 12.2 Å². The molecule has 5 heteroatoms. The van der Waals surface area contributed by atoms with Crippen LogP contribution in [0.2, 0.25) is 0 Å². The largest absolute Gasteiger partial charge is 0.374 e. The maximum absolute atomic E-state index is 13.5. The predicted octanol–water partition coefficient (Wildman–Crippen LogP) is 3.17. The van der Waals surface area contributed by atoms with Gasteiger partial charge in [0.25, 0.3) is 0 Å². The quantitative estimate of drug-likeness (QED) is 0.923. The third-order valence-electron chi connectivity index (χ3n) is 3.59. The fourth-order valence-corrected chi connectivity index (χ4v) is 2.42. The summed E-state index contributed by atoms with van der Waals surface area (Å²) in [7, 11) is 0. The molecule has 1 aromatic rings. The number of hydrogen-bond donors (Lipinski definition) is 1. The van der Waals surface area contributed by atoms with Crippen molar-refractivity contribution in [3.05, 3.63) is 29.8 Å². The summed E-state index contributed by atoms with van der Waals surface area (Å²) < 4.78 is 26.5. The monoisotopic (exact) mass is 282 g/mol. The molecule has 1 aliphatic heterocycles. The molecule has 0 aromatic heterocycles. The number of carbonyl (C=O) groups excluding carboxylic acids is 1. The molecule has 0 unspecified atom stereocenters. The smallest absolute Gasteiger partial charge is 0.241 e. The number of carbonyl (C=O) groups is 1. The molecular formula is C15H20F2N2O. The van der Waals surface area contributed by atoms with Gasteiger partial charge in [0.2, 0.25) is 5.91 Å². The molecule has 1 amide bonds. The number of hydrogen-bond acceptors (Lipinski definition) is 2. The van der Waals surface area contributed by atoms with Gasteiger partial charge in [-0.25, -0.2) is 8.78 Å². The SMILES string of the molecule is O=C(CNc1cccc(F)c1F)N1CCCCCCC1. The number of amides is 1. The van der Waals surface area contributed by atoms with Crippen LogP contribution in [0.15, 0.2) is 18.2 Å². The number of anilines is 1. The molecule has 1 N–H and O–H groups in total. The minimum Gasteiger partial charge on any atom is -0.374 e. The van der Waals surface area contributed by atoms with Crippen molar-refractivity contribution in [1.29, 1.82) is 0 Å². The van der Waals surface area contributed by atoms with Crippen LogP contribution in [0.5, 0.6) is 0 Å². The van der Waals surface area contributed by atoms with Crippen molar-refractivity contribution in [2.24, 2.45) is 0 Å². The van der Waals surface area contributed by atoms with Crippen molar-refractivity contribution >= 4 is 11.6 Å². The van der Waals surface area contributed by atoms with Crippen molar-refractivity contribution in [3.63, 3.8) is 0 Å². The number of benzene rings is 1. The van der Waals surface area contributed by atoms with Crippen LogP contribution >= 0.6 is 0 Å². The Morgan fingerprint density at radius 2 is 1.75 bits per heavy atom. The molecule has 1 fully saturated rings. The third-order valence-corrected chi connectivity index (χ3v) is 3.59. The second kappa shape index (κ2) is 7.22. The van der Waals surface area contributed by atoms with Gasteiger partial charge >= 0.3 is 0 Å². The summed E-state index contributed by atoms with van der Waals surface area (Å²) in [5.41, 5.74) is 0.0328. The predicted molar refractivity (Wildman–Crippen MR) is 74.5 cm³/mol. The van der Waals surface area contributed by atoms with Crippen molar-refractivity contribution in [3.8, 4) is 0 Å². The van der Waals surface area contributed by atoms with Gasteiger partial charge in [0.1, 0.15) is 0 Å². The van der Waals surface area contributed by atoms with Gasteiger partial charge in [-0.15, -0.1) is 0 Å². The average Bonchev–Trinajstić information content (AvgIpc) is 2.40. The number of rotatable bonds is 3. The van der Waals surface area contributed by atoms with E-state index in [1.165, 1.54) is 18.6 Å². The Morgan fingerprint density at radius 3 is 2.45 bits per heavy atom. The van der Waals surface area contributed by atoms with E-state index in [4.69, 9.17) is 0 Å². The van der Waals surface area contributed by atoms with Crippen LogP contribution in [-0.4, -0.2) is 30.4 Å². The molecule has 1 aromatic carbocycles. The van der Waals surface area contributed by atoms with Gasteiger partial charge in [-0.3, -0.25) is 4.79 Å². The van der Waals surface area contributed by atoms with Crippen molar-refractivity contribution in [2.45, 2.75) is 32.1 Å². The Morgan fingerprint density at radius 1 is 1.10 bits per heavy atom. The van der Waals surface area contributed by atoms with Gasteiger partial charge in [-0.1, -0.05) is 25.3 Å². The van der Waals surface area contributed by atoms with Crippen LogP contribution in [0.4, 0.5) is 14.5 Å². The van der Waals surface area contributed by atoms with E-state index >= 15 is 0 Å². The maximum atomic E-state index is 13.5. The highest BCUT2D eigenvalue weighted by Crippen LogP contribution is 2.16. The Bertz CT molecular complexity index is 457. The Labute approximate surface area is 118 Å². The molecule has 20 heavy (non-hydrogen) atoms. The molecule has 3 nitrogen and oxygen atoms in total. The molecule has 1 heterocycles. The molecule has 0 spiro atoms. The van der Waals surface area contributed by atoms with Crippen LogP contribution < -0.4 is 5.32 Å². The lowest BCUT2D eigenvalue weighted by Crippen LogP contribution is -2.37. The van der Waals surface area contributed by atoms with E-state index in [-0.39, 0.29) is 18.1 Å². The second-order valence-corrected chi connectivity index (χ2v) is 5.10. The molecule has 1 saturated heterocycles. The van der Waals surface area contributed by atoms with Gasteiger partial charge in [0, 0.05) is 13.1 Å². The Balaban J connectivity index is 1.89. The number of nitrogens with one attached hydrogen (secondary N) is 1. The molecule has 0 aliphatic carbocycles. The number of nitrogens with zero attached hydrogens (tertiary/aromatic N) is 1. The van der Waals surface area contributed by atoms with Crippen LogP contribution in [0.25, 0.3) is 0 Å². The molecule has 2 rings (SSSR count).